The van der Waals surface area contributed by atoms with Crippen LogP contribution in [-0.2, 0) is 0 Å². The molecule has 0 aliphatic carbocycles. The summed E-state index contributed by atoms with van der Waals surface area (Å²) in [7, 11) is 1.63. The third-order valence-electron chi connectivity index (χ3n) is 2.63. The van der Waals surface area contributed by atoms with Gasteiger partial charge >= 0.3 is 6.03 Å². The number of hydrogen-bond acceptors (Lipinski definition) is 3. The van der Waals surface area contributed by atoms with E-state index in [1.54, 1.807) is 19.2 Å². The summed E-state index contributed by atoms with van der Waals surface area (Å²) in [4.78, 5) is 13.2. The van der Waals surface area contributed by atoms with Crippen LogP contribution in [-0.4, -0.2) is 42.8 Å². The van der Waals surface area contributed by atoms with Crippen molar-refractivity contribution < 1.29 is 14.6 Å². The minimum absolute atomic E-state index is 0.0515. The number of carbonyl (C=O) groups excluding carboxylic acids is 1. The molecule has 0 fully saturated rings. The van der Waals surface area contributed by atoms with E-state index < -0.39 is 0 Å². The Labute approximate surface area is 114 Å². The van der Waals surface area contributed by atoms with Gasteiger partial charge in [0, 0.05) is 25.3 Å². The molecule has 0 aliphatic rings. The fourth-order valence-corrected chi connectivity index (χ4v) is 1.47. The first-order chi connectivity index (χ1) is 9.17. The Hall–Kier alpha value is -1.75. The molecular weight excluding hydrogens is 244 g/mol. The van der Waals surface area contributed by atoms with Crippen molar-refractivity contribution in [1.29, 1.82) is 0 Å². The molecule has 1 rings (SSSR count). The summed E-state index contributed by atoms with van der Waals surface area (Å²) < 4.78 is 5.57. The first-order valence-corrected chi connectivity index (χ1v) is 6.53. The molecule has 5 nitrogen and oxygen atoms in total. The van der Waals surface area contributed by atoms with Crippen molar-refractivity contribution in [2.75, 3.05) is 32.1 Å². The Morgan fingerprint density at radius 3 is 2.95 bits per heavy atom. The Morgan fingerprint density at radius 2 is 2.26 bits per heavy atom. The molecule has 0 heterocycles. The highest BCUT2D eigenvalue weighted by atomic mass is 16.5. The number of nitrogens with zero attached hydrogens (tertiary/aromatic N) is 1. The Bertz CT molecular complexity index is 396. The molecule has 0 bridgehead atoms. The fraction of sp³-hybridized carbons (Fsp3) is 0.500. The van der Waals surface area contributed by atoms with Gasteiger partial charge in [-0.3, -0.25) is 0 Å². The molecule has 0 aliphatic heterocycles. The van der Waals surface area contributed by atoms with Crippen molar-refractivity contribution in [2.24, 2.45) is 0 Å². The van der Waals surface area contributed by atoms with Crippen LogP contribution in [0.1, 0.15) is 19.8 Å². The predicted molar refractivity (Wildman–Crippen MR) is 75.6 cm³/mol. The monoisotopic (exact) mass is 266 g/mol. The van der Waals surface area contributed by atoms with Gasteiger partial charge in [0.05, 0.1) is 13.2 Å². The molecule has 5 heteroatoms. The van der Waals surface area contributed by atoms with Gasteiger partial charge in [-0.25, -0.2) is 4.79 Å². The van der Waals surface area contributed by atoms with Crippen molar-refractivity contribution in [1.82, 2.24) is 4.90 Å². The van der Waals surface area contributed by atoms with Crippen LogP contribution < -0.4 is 10.1 Å². The number of amides is 2. The summed E-state index contributed by atoms with van der Waals surface area (Å²) in [5.74, 6) is 0.746. The topological polar surface area (TPSA) is 61.8 Å². The zero-order valence-corrected chi connectivity index (χ0v) is 11.6. The van der Waals surface area contributed by atoms with E-state index in [2.05, 4.69) is 12.2 Å². The van der Waals surface area contributed by atoms with Crippen LogP contribution in [0.15, 0.2) is 24.3 Å². The lowest BCUT2D eigenvalue weighted by atomic mass is 10.3. The van der Waals surface area contributed by atoms with Crippen LogP contribution in [0.5, 0.6) is 5.75 Å². The van der Waals surface area contributed by atoms with Crippen LogP contribution in [0.3, 0.4) is 0 Å². The number of aliphatic hydroxyl groups excluding tert-OH is 1. The Kier molecular flexibility index (Phi) is 6.74. The largest absolute Gasteiger partial charge is 0.494 e. The highest BCUT2D eigenvalue weighted by Gasteiger charge is 2.08. The van der Waals surface area contributed by atoms with Gasteiger partial charge in [-0.2, -0.15) is 0 Å². The zero-order valence-electron chi connectivity index (χ0n) is 11.6. The average Bonchev–Trinajstić information content (AvgIpc) is 2.40. The van der Waals surface area contributed by atoms with Crippen molar-refractivity contribution in [3.8, 4) is 5.75 Å². The summed E-state index contributed by atoms with van der Waals surface area (Å²) in [6.07, 6.45) is 2.10. The van der Waals surface area contributed by atoms with E-state index in [-0.39, 0.29) is 12.6 Å². The number of urea groups is 1. The second-order valence-electron chi connectivity index (χ2n) is 4.31. The van der Waals surface area contributed by atoms with Crippen molar-refractivity contribution >= 4 is 11.7 Å². The van der Waals surface area contributed by atoms with E-state index in [0.29, 0.717) is 18.8 Å². The van der Waals surface area contributed by atoms with Gasteiger partial charge in [-0.15, -0.1) is 0 Å². The average molecular weight is 266 g/mol. The molecule has 2 N–H and O–H groups in total. The molecule has 0 aromatic heterocycles. The second kappa shape index (κ2) is 8.37. The van der Waals surface area contributed by atoms with Gasteiger partial charge in [0.2, 0.25) is 0 Å². The number of anilines is 1. The Balaban J connectivity index is 2.54. The van der Waals surface area contributed by atoms with E-state index in [0.717, 1.165) is 18.6 Å². The molecule has 1 aromatic carbocycles. The first kappa shape index (κ1) is 15.3. The molecule has 0 spiro atoms. The fourth-order valence-electron chi connectivity index (χ4n) is 1.47. The minimum atomic E-state index is -0.250. The molecular formula is C14H22N2O3. The van der Waals surface area contributed by atoms with Gasteiger partial charge in [-0.1, -0.05) is 19.4 Å². The standard InChI is InChI=1S/C14H22N2O3/c1-3-4-10-19-13-7-5-6-12(11-13)15-14(18)16(2)8-9-17/h5-7,11,17H,3-4,8-10H2,1-2H3,(H,15,18). The lowest BCUT2D eigenvalue weighted by Gasteiger charge is -2.17. The van der Waals surface area contributed by atoms with E-state index >= 15 is 0 Å². The van der Waals surface area contributed by atoms with Gasteiger partial charge < -0.3 is 20.1 Å². The predicted octanol–water partition coefficient (Wildman–Crippen LogP) is 2.32. The number of unbranched alkanes of at least 4 members (excludes halogenated alkanes) is 1. The first-order valence-electron chi connectivity index (χ1n) is 6.53. The molecule has 0 unspecified atom stereocenters. The SMILES string of the molecule is CCCCOc1cccc(NC(=O)N(C)CCO)c1. The molecule has 0 radical (unpaired) electrons. The lowest BCUT2D eigenvalue weighted by molar-refractivity contribution is 0.202. The van der Waals surface area contributed by atoms with Crippen molar-refractivity contribution in [2.45, 2.75) is 19.8 Å². The normalized spacial score (nSPS) is 10.1. The van der Waals surface area contributed by atoms with Crippen LogP contribution in [0.2, 0.25) is 0 Å². The number of likely N-dealkylation sites (N-methyl/N-ethyl adjacent to an activating group) is 1. The minimum Gasteiger partial charge on any atom is -0.494 e. The maximum Gasteiger partial charge on any atom is 0.321 e. The summed E-state index contributed by atoms with van der Waals surface area (Å²) in [6, 6.07) is 7.04. The van der Waals surface area contributed by atoms with Gasteiger partial charge in [0.15, 0.2) is 0 Å². The quantitative estimate of drug-likeness (QED) is 0.744. The van der Waals surface area contributed by atoms with Gasteiger partial charge in [-0.05, 0) is 18.6 Å². The number of ether oxygens (including phenoxy) is 1. The third kappa shape index (κ3) is 5.61. The highest BCUT2D eigenvalue weighted by Crippen LogP contribution is 2.17. The summed E-state index contributed by atoms with van der Waals surface area (Å²) >= 11 is 0. The molecule has 2 amide bonds. The van der Waals surface area contributed by atoms with Crippen LogP contribution in [0.25, 0.3) is 0 Å². The molecule has 0 saturated carbocycles. The number of carbonyl (C=O) groups is 1. The number of benzene rings is 1. The maximum atomic E-state index is 11.7. The third-order valence-corrected chi connectivity index (χ3v) is 2.63. The van der Waals surface area contributed by atoms with Crippen LogP contribution in [0.4, 0.5) is 10.5 Å². The van der Waals surface area contributed by atoms with Crippen molar-refractivity contribution in [3.63, 3.8) is 0 Å². The number of aliphatic hydroxyl groups is 1. The van der Waals surface area contributed by atoms with E-state index in [1.807, 2.05) is 12.1 Å². The summed E-state index contributed by atoms with van der Waals surface area (Å²) in [6.45, 7) is 3.04. The summed E-state index contributed by atoms with van der Waals surface area (Å²) in [5, 5.41) is 11.5. The molecule has 0 saturated heterocycles. The smallest absolute Gasteiger partial charge is 0.321 e. The zero-order chi connectivity index (χ0) is 14.1. The maximum absolute atomic E-state index is 11.7. The van der Waals surface area contributed by atoms with E-state index in [4.69, 9.17) is 9.84 Å². The second-order valence-corrected chi connectivity index (χ2v) is 4.31. The van der Waals surface area contributed by atoms with Crippen LogP contribution in [0, 0.1) is 0 Å². The number of hydrogen-bond donors (Lipinski definition) is 2. The van der Waals surface area contributed by atoms with Gasteiger partial charge in [0.25, 0.3) is 0 Å². The molecule has 19 heavy (non-hydrogen) atoms. The lowest BCUT2D eigenvalue weighted by Crippen LogP contribution is -2.33. The Morgan fingerprint density at radius 1 is 1.47 bits per heavy atom. The van der Waals surface area contributed by atoms with E-state index in [1.165, 1.54) is 4.90 Å². The van der Waals surface area contributed by atoms with Crippen molar-refractivity contribution in [3.05, 3.63) is 24.3 Å². The highest BCUT2D eigenvalue weighted by molar-refractivity contribution is 5.89. The molecule has 106 valence electrons. The molecule has 0 atom stereocenters. The van der Waals surface area contributed by atoms with E-state index in [9.17, 15) is 4.79 Å². The van der Waals surface area contributed by atoms with Crippen LogP contribution >= 0.6 is 0 Å². The number of nitrogens with one attached hydrogen (secondary N) is 1. The summed E-state index contributed by atoms with van der Waals surface area (Å²) in [5.41, 5.74) is 0.684. The number of rotatable bonds is 7. The van der Waals surface area contributed by atoms with Gasteiger partial charge in [0.1, 0.15) is 5.75 Å². The molecule has 1 aromatic rings.